The molecular formula is C22H30FN5O3. The molecule has 1 fully saturated rings. The maximum absolute atomic E-state index is 13.1. The topological polar surface area (TPSA) is 92.0 Å². The number of halogens is 1. The van der Waals surface area contributed by atoms with Gasteiger partial charge >= 0.3 is 6.09 Å². The van der Waals surface area contributed by atoms with Gasteiger partial charge < -0.3 is 24.7 Å². The third-order valence-electron chi connectivity index (χ3n) is 4.99. The smallest absolute Gasteiger partial charge is 0.409 e. The lowest BCUT2D eigenvalue weighted by Crippen LogP contribution is -2.50. The normalized spacial score (nSPS) is 15.1. The number of benzene rings is 1. The first kappa shape index (κ1) is 22.6. The Balaban J connectivity index is 1.49. The van der Waals surface area contributed by atoms with Gasteiger partial charge in [0, 0.05) is 44.2 Å². The third-order valence-corrected chi connectivity index (χ3v) is 4.99. The molecule has 0 radical (unpaired) electrons. The fourth-order valence-electron chi connectivity index (χ4n) is 3.36. The number of piperidine rings is 1. The van der Waals surface area contributed by atoms with Crippen LogP contribution in [0, 0.1) is 5.82 Å². The number of aliphatic imine (C=N–C) groups is 1. The average Bonchev–Trinajstić information content (AvgIpc) is 3.24. The van der Waals surface area contributed by atoms with Crippen LogP contribution in [0.25, 0.3) is 11.5 Å². The minimum absolute atomic E-state index is 0.242. The number of oxazole rings is 1. The highest BCUT2D eigenvalue weighted by Gasteiger charge is 2.24. The summed E-state index contributed by atoms with van der Waals surface area (Å²) in [4.78, 5) is 22.7. The van der Waals surface area contributed by atoms with E-state index in [4.69, 9.17) is 9.15 Å². The molecule has 0 bridgehead atoms. The molecule has 1 aromatic carbocycles. The summed E-state index contributed by atoms with van der Waals surface area (Å²) in [5, 5.41) is 6.71. The molecule has 9 heteroatoms. The van der Waals surface area contributed by atoms with Gasteiger partial charge in [0.2, 0.25) is 5.89 Å². The van der Waals surface area contributed by atoms with Crippen molar-refractivity contribution >= 4 is 12.1 Å². The van der Waals surface area contributed by atoms with E-state index in [2.05, 4.69) is 20.6 Å². The predicted octanol–water partition coefficient (Wildman–Crippen LogP) is 3.20. The molecule has 8 nitrogen and oxygen atoms in total. The van der Waals surface area contributed by atoms with Crippen molar-refractivity contribution in [3.63, 3.8) is 0 Å². The second-order valence-electron chi connectivity index (χ2n) is 7.27. The molecule has 2 N–H and O–H groups in total. The Morgan fingerprint density at radius 3 is 2.71 bits per heavy atom. The summed E-state index contributed by atoms with van der Waals surface area (Å²) < 4.78 is 23.6. The van der Waals surface area contributed by atoms with Crippen LogP contribution < -0.4 is 10.6 Å². The van der Waals surface area contributed by atoms with Crippen LogP contribution in [0.15, 0.2) is 39.9 Å². The number of nitrogens with one attached hydrogen (secondary N) is 2. The summed E-state index contributed by atoms with van der Waals surface area (Å²) in [5.74, 6) is 0.927. The standard InChI is InChI=1S/C22H30FN5O3/c1-3-24-21(27-18-10-13-28(14-11-18)22(29)30-4-2)25-12-9-19-15-31-20(26-19)16-5-7-17(23)8-6-16/h5-8,15,18H,3-4,9-14H2,1-2H3,(H2,24,25,27). The van der Waals surface area contributed by atoms with Crippen molar-refractivity contribution in [3.05, 3.63) is 42.0 Å². The number of hydrogen-bond donors (Lipinski definition) is 2. The molecule has 0 unspecified atom stereocenters. The molecule has 1 aromatic heterocycles. The SMILES string of the molecule is CCNC(=NCCc1coc(-c2ccc(F)cc2)n1)NC1CCN(C(=O)OCC)CC1. The van der Waals surface area contributed by atoms with Crippen molar-refractivity contribution in [3.8, 4) is 11.5 Å². The number of likely N-dealkylation sites (tertiary alicyclic amines) is 1. The maximum atomic E-state index is 13.1. The largest absolute Gasteiger partial charge is 0.450 e. The van der Waals surface area contributed by atoms with E-state index in [1.165, 1.54) is 12.1 Å². The van der Waals surface area contributed by atoms with Gasteiger partial charge in [0.15, 0.2) is 5.96 Å². The van der Waals surface area contributed by atoms with E-state index in [0.717, 1.165) is 36.6 Å². The van der Waals surface area contributed by atoms with Crippen LogP contribution in [0.3, 0.4) is 0 Å². The van der Waals surface area contributed by atoms with E-state index in [1.54, 1.807) is 23.3 Å². The van der Waals surface area contributed by atoms with Gasteiger partial charge in [-0.2, -0.15) is 0 Å². The fraction of sp³-hybridized carbons (Fsp3) is 0.500. The third kappa shape index (κ3) is 6.70. The maximum Gasteiger partial charge on any atom is 0.409 e. The summed E-state index contributed by atoms with van der Waals surface area (Å²) in [6.07, 6.45) is 3.68. The molecular weight excluding hydrogens is 401 g/mol. The van der Waals surface area contributed by atoms with Crippen LogP contribution in [-0.4, -0.2) is 60.8 Å². The van der Waals surface area contributed by atoms with Gasteiger partial charge in [-0.25, -0.2) is 14.2 Å². The molecule has 1 saturated heterocycles. The van der Waals surface area contributed by atoms with Crippen LogP contribution in [0.4, 0.5) is 9.18 Å². The van der Waals surface area contributed by atoms with Crippen molar-refractivity contribution in [2.24, 2.45) is 4.99 Å². The molecule has 2 heterocycles. The highest BCUT2D eigenvalue weighted by atomic mass is 19.1. The van der Waals surface area contributed by atoms with E-state index < -0.39 is 0 Å². The number of ether oxygens (including phenoxy) is 1. The Morgan fingerprint density at radius 2 is 2.03 bits per heavy atom. The molecule has 0 aliphatic carbocycles. The quantitative estimate of drug-likeness (QED) is 0.517. The number of hydrogen-bond acceptors (Lipinski definition) is 5. The van der Waals surface area contributed by atoms with Gasteiger partial charge in [0.25, 0.3) is 0 Å². The van der Waals surface area contributed by atoms with E-state index in [9.17, 15) is 9.18 Å². The van der Waals surface area contributed by atoms with Gasteiger partial charge in [-0.05, 0) is 51.0 Å². The van der Waals surface area contributed by atoms with Gasteiger partial charge in [0.05, 0.1) is 12.3 Å². The summed E-state index contributed by atoms with van der Waals surface area (Å²) in [6, 6.07) is 6.30. The minimum Gasteiger partial charge on any atom is -0.450 e. The Hall–Kier alpha value is -3.10. The van der Waals surface area contributed by atoms with Crippen LogP contribution >= 0.6 is 0 Å². The van der Waals surface area contributed by atoms with Crippen LogP contribution in [0.5, 0.6) is 0 Å². The lowest BCUT2D eigenvalue weighted by Gasteiger charge is -2.32. The van der Waals surface area contributed by atoms with Crippen molar-refractivity contribution in [1.29, 1.82) is 0 Å². The van der Waals surface area contributed by atoms with E-state index >= 15 is 0 Å². The van der Waals surface area contributed by atoms with E-state index in [0.29, 0.717) is 38.6 Å². The number of amides is 1. The second kappa shape index (κ2) is 11.3. The first-order chi connectivity index (χ1) is 15.1. The molecule has 2 aromatic rings. The van der Waals surface area contributed by atoms with Gasteiger partial charge in [-0.1, -0.05) is 0 Å². The Morgan fingerprint density at radius 1 is 1.29 bits per heavy atom. The summed E-state index contributed by atoms with van der Waals surface area (Å²) in [6.45, 7) is 6.87. The molecule has 0 saturated carbocycles. The number of aromatic nitrogens is 1. The van der Waals surface area contributed by atoms with Crippen molar-refractivity contribution < 1.29 is 18.3 Å². The molecule has 3 rings (SSSR count). The zero-order valence-electron chi connectivity index (χ0n) is 18.1. The fourth-order valence-corrected chi connectivity index (χ4v) is 3.36. The zero-order valence-corrected chi connectivity index (χ0v) is 18.1. The molecule has 0 atom stereocenters. The summed E-state index contributed by atoms with van der Waals surface area (Å²) >= 11 is 0. The monoisotopic (exact) mass is 431 g/mol. The number of carbonyl (C=O) groups is 1. The first-order valence-corrected chi connectivity index (χ1v) is 10.8. The van der Waals surface area contributed by atoms with Gasteiger partial charge in [-0.15, -0.1) is 0 Å². The summed E-state index contributed by atoms with van der Waals surface area (Å²) in [5.41, 5.74) is 1.53. The number of guanidine groups is 1. The number of rotatable bonds is 7. The van der Waals surface area contributed by atoms with E-state index in [-0.39, 0.29) is 18.0 Å². The van der Waals surface area contributed by atoms with Crippen molar-refractivity contribution in [1.82, 2.24) is 20.5 Å². The highest BCUT2D eigenvalue weighted by Crippen LogP contribution is 2.19. The molecule has 1 amide bonds. The lowest BCUT2D eigenvalue weighted by atomic mass is 10.1. The van der Waals surface area contributed by atoms with Gasteiger partial charge in [-0.3, -0.25) is 4.99 Å². The number of nitrogens with zero attached hydrogens (tertiary/aromatic N) is 3. The van der Waals surface area contributed by atoms with Crippen molar-refractivity contribution in [2.45, 2.75) is 39.2 Å². The average molecular weight is 432 g/mol. The molecule has 1 aliphatic rings. The highest BCUT2D eigenvalue weighted by molar-refractivity contribution is 5.80. The zero-order chi connectivity index (χ0) is 22.1. The Kier molecular flexibility index (Phi) is 8.26. The van der Waals surface area contributed by atoms with Crippen LogP contribution in [0.1, 0.15) is 32.4 Å². The minimum atomic E-state index is -0.292. The lowest BCUT2D eigenvalue weighted by molar-refractivity contribution is 0.0963. The van der Waals surface area contributed by atoms with Crippen LogP contribution in [0.2, 0.25) is 0 Å². The van der Waals surface area contributed by atoms with Crippen molar-refractivity contribution in [2.75, 3.05) is 32.8 Å². The Bertz CT molecular complexity index is 860. The van der Waals surface area contributed by atoms with E-state index in [1.807, 2.05) is 13.8 Å². The number of carbonyl (C=O) groups excluding carboxylic acids is 1. The molecule has 0 spiro atoms. The predicted molar refractivity (Wildman–Crippen MR) is 116 cm³/mol. The Labute approximate surface area is 181 Å². The second-order valence-corrected chi connectivity index (χ2v) is 7.27. The van der Waals surface area contributed by atoms with Crippen LogP contribution in [-0.2, 0) is 11.2 Å². The summed E-state index contributed by atoms with van der Waals surface area (Å²) in [7, 11) is 0. The van der Waals surface area contributed by atoms with Gasteiger partial charge in [0.1, 0.15) is 12.1 Å². The molecule has 31 heavy (non-hydrogen) atoms. The molecule has 1 aliphatic heterocycles. The first-order valence-electron chi connectivity index (χ1n) is 10.8. The molecule has 168 valence electrons.